The van der Waals surface area contributed by atoms with E-state index in [1.165, 1.54) is 7.11 Å². The third-order valence-corrected chi connectivity index (χ3v) is 3.27. The maximum Gasteiger partial charge on any atom is 0.325 e. The van der Waals surface area contributed by atoms with Gasteiger partial charge in [-0.05, 0) is 39.5 Å². The van der Waals surface area contributed by atoms with Gasteiger partial charge in [-0.2, -0.15) is 0 Å². The van der Waals surface area contributed by atoms with Gasteiger partial charge in [0.25, 0.3) is 0 Å². The van der Waals surface area contributed by atoms with Gasteiger partial charge in [-0.3, -0.25) is 10.1 Å². The second-order valence-electron chi connectivity index (χ2n) is 4.97. The first kappa shape index (κ1) is 13.5. The molecule has 0 aliphatic heterocycles. The molecule has 1 aliphatic carbocycles. The van der Waals surface area contributed by atoms with Crippen LogP contribution in [0.2, 0.25) is 0 Å². The highest BCUT2D eigenvalue weighted by molar-refractivity contribution is 5.79. The summed E-state index contributed by atoms with van der Waals surface area (Å²) in [5.41, 5.74) is -0.598. The van der Waals surface area contributed by atoms with Gasteiger partial charge in [0, 0.05) is 13.2 Å². The summed E-state index contributed by atoms with van der Waals surface area (Å²) in [6.07, 6.45) is 4.62. The summed E-state index contributed by atoms with van der Waals surface area (Å²) < 4.78 is 10.1. The first-order valence-corrected chi connectivity index (χ1v) is 5.88. The van der Waals surface area contributed by atoms with Crippen LogP contribution in [0, 0.1) is 0 Å². The van der Waals surface area contributed by atoms with Crippen LogP contribution < -0.4 is 5.32 Å². The first-order chi connectivity index (χ1) is 7.49. The molecule has 16 heavy (non-hydrogen) atoms. The second kappa shape index (κ2) is 5.64. The minimum atomic E-state index is -0.598. The lowest BCUT2D eigenvalue weighted by Gasteiger charge is -2.34. The fourth-order valence-electron chi connectivity index (χ4n) is 2.27. The molecule has 1 aliphatic rings. The molecule has 0 atom stereocenters. The van der Waals surface area contributed by atoms with Crippen LogP contribution in [-0.2, 0) is 14.3 Å². The molecule has 0 unspecified atom stereocenters. The largest absolute Gasteiger partial charge is 0.468 e. The van der Waals surface area contributed by atoms with E-state index in [1.807, 2.05) is 13.8 Å². The second-order valence-corrected chi connectivity index (χ2v) is 4.97. The molecule has 1 saturated carbocycles. The Labute approximate surface area is 97.7 Å². The highest BCUT2D eigenvalue weighted by atomic mass is 16.5. The van der Waals surface area contributed by atoms with Crippen LogP contribution in [-0.4, -0.2) is 37.9 Å². The molecular formula is C12H23NO3. The van der Waals surface area contributed by atoms with Crippen molar-refractivity contribution in [2.24, 2.45) is 0 Å². The molecule has 1 fully saturated rings. The zero-order valence-electron chi connectivity index (χ0n) is 10.7. The van der Waals surface area contributed by atoms with Crippen molar-refractivity contribution in [1.82, 2.24) is 5.32 Å². The van der Waals surface area contributed by atoms with Gasteiger partial charge in [0.2, 0.25) is 0 Å². The van der Waals surface area contributed by atoms with E-state index >= 15 is 0 Å². The maximum atomic E-state index is 11.5. The number of nitrogens with one attached hydrogen (secondary N) is 1. The summed E-state index contributed by atoms with van der Waals surface area (Å²) in [5.74, 6) is -0.207. The number of ether oxygens (including phenoxy) is 2. The quantitative estimate of drug-likeness (QED) is 0.742. The Balaban J connectivity index is 2.41. The number of esters is 1. The average Bonchev–Trinajstić information content (AvgIpc) is 2.28. The maximum absolute atomic E-state index is 11.5. The molecule has 0 spiro atoms. The third kappa shape index (κ3) is 3.46. The lowest BCUT2D eigenvalue weighted by Crippen LogP contribution is -2.53. The van der Waals surface area contributed by atoms with Crippen molar-refractivity contribution in [1.29, 1.82) is 0 Å². The van der Waals surface area contributed by atoms with Crippen LogP contribution >= 0.6 is 0 Å². The van der Waals surface area contributed by atoms with Gasteiger partial charge in [0.05, 0.1) is 13.2 Å². The van der Waals surface area contributed by atoms with Crippen molar-refractivity contribution in [3.63, 3.8) is 0 Å². The molecule has 0 saturated heterocycles. The summed E-state index contributed by atoms with van der Waals surface area (Å²) in [5, 5.41) is 3.36. The highest BCUT2D eigenvalue weighted by Crippen LogP contribution is 2.22. The van der Waals surface area contributed by atoms with Crippen LogP contribution in [0.1, 0.15) is 39.5 Å². The molecular weight excluding hydrogens is 206 g/mol. The molecule has 0 amide bonds. The van der Waals surface area contributed by atoms with E-state index in [2.05, 4.69) is 5.32 Å². The minimum Gasteiger partial charge on any atom is -0.468 e. The van der Waals surface area contributed by atoms with Gasteiger partial charge in [-0.25, -0.2) is 0 Å². The van der Waals surface area contributed by atoms with Crippen molar-refractivity contribution in [2.75, 3.05) is 14.2 Å². The molecule has 4 heteroatoms. The Hall–Kier alpha value is -0.610. The zero-order valence-corrected chi connectivity index (χ0v) is 10.7. The van der Waals surface area contributed by atoms with Crippen molar-refractivity contribution < 1.29 is 14.3 Å². The number of carbonyl (C=O) groups excluding carboxylic acids is 1. The van der Waals surface area contributed by atoms with Gasteiger partial charge in [-0.1, -0.05) is 0 Å². The molecule has 0 aromatic carbocycles. The fraction of sp³-hybridized carbons (Fsp3) is 0.917. The predicted molar refractivity (Wildman–Crippen MR) is 62.3 cm³/mol. The number of rotatable bonds is 4. The topological polar surface area (TPSA) is 47.6 Å². The van der Waals surface area contributed by atoms with Crippen LogP contribution in [0.3, 0.4) is 0 Å². The normalized spacial score (nSPS) is 26.5. The standard InChI is InChI=1S/C12H23NO3/c1-12(2,11(14)16-4)13-9-5-7-10(15-3)8-6-9/h9-10,13H,5-8H2,1-4H3. The van der Waals surface area contributed by atoms with E-state index < -0.39 is 5.54 Å². The Morgan fingerprint density at radius 2 is 1.75 bits per heavy atom. The van der Waals surface area contributed by atoms with Crippen LogP contribution in [0.5, 0.6) is 0 Å². The number of hydrogen-bond acceptors (Lipinski definition) is 4. The Morgan fingerprint density at radius 3 is 2.19 bits per heavy atom. The summed E-state index contributed by atoms with van der Waals surface area (Å²) in [7, 11) is 3.18. The van der Waals surface area contributed by atoms with Gasteiger partial charge in [-0.15, -0.1) is 0 Å². The Bertz CT molecular complexity index is 232. The van der Waals surface area contributed by atoms with Gasteiger partial charge in [0.15, 0.2) is 0 Å². The van der Waals surface area contributed by atoms with E-state index in [-0.39, 0.29) is 5.97 Å². The molecule has 0 aromatic rings. The SMILES string of the molecule is COC(=O)C(C)(C)NC1CCC(OC)CC1. The van der Waals surface area contributed by atoms with E-state index in [0.29, 0.717) is 12.1 Å². The molecule has 0 heterocycles. The van der Waals surface area contributed by atoms with Crippen molar-refractivity contribution in [3.05, 3.63) is 0 Å². The highest BCUT2D eigenvalue weighted by Gasteiger charge is 2.32. The van der Waals surface area contributed by atoms with E-state index in [9.17, 15) is 4.79 Å². The summed E-state index contributed by atoms with van der Waals surface area (Å²) in [6, 6.07) is 0.389. The Morgan fingerprint density at radius 1 is 1.19 bits per heavy atom. The molecule has 1 N–H and O–H groups in total. The third-order valence-electron chi connectivity index (χ3n) is 3.27. The molecule has 0 aromatic heterocycles. The summed E-state index contributed by atoms with van der Waals surface area (Å²) in [6.45, 7) is 3.72. The van der Waals surface area contributed by atoms with Gasteiger partial charge >= 0.3 is 5.97 Å². The number of carbonyl (C=O) groups is 1. The summed E-state index contributed by atoms with van der Waals surface area (Å²) >= 11 is 0. The predicted octanol–water partition coefficient (Wildman–Crippen LogP) is 1.49. The van der Waals surface area contributed by atoms with Gasteiger partial charge in [0.1, 0.15) is 5.54 Å². The molecule has 4 nitrogen and oxygen atoms in total. The van der Waals surface area contributed by atoms with Crippen LogP contribution in [0.4, 0.5) is 0 Å². The Kier molecular flexibility index (Phi) is 4.74. The van der Waals surface area contributed by atoms with Gasteiger partial charge < -0.3 is 9.47 Å². The van der Waals surface area contributed by atoms with E-state index in [0.717, 1.165) is 25.7 Å². The molecule has 1 rings (SSSR count). The van der Waals surface area contributed by atoms with Crippen molar-refractivity contribution >= 4 is 5.97 Å². The van der Waals surface area contributed by atoms with E-state index in [4.69, 9.17) is 9.47 Å². The first-order valence-electron chi connectivity index (χ1n) is 5.88. The number of methoxy groups -OCH3 is 2. The smallest absolute Gasteiger partial charge is 0.325 e. The average molecular weight is 229 g/mol. The van der Waals surface area contributed by atoms with E-state index in [1.54, 1.807) is 7.11 Å². The molecule has 0 bridgehead atoms. The lowest BCUT2D eigenvalue weighted by molar-refractivity contribution is -0.147. The zero-order chi connectivity index (χ0) is 12.2. The fourth-order valence-corrected chi connectivity index (χ4v) is 2.27. The van der Waals surface area contributed by atoms with Crippen molar-refractivity contribution in [3.8, 4) is 0 Å². The molecule has 94 valence electrons. The van der Waals surface area contributed by atoms with Crippen LogP contribution in [0.15, 0.2) is 0 Å². The lowest BCUT2D eigenvalue weighted by atomic mass is 9.90. The van der Waals surface area contributed by atoms with Crippen LogP contribution in [0.25, 0.3) is 0 Å². The monoisotopic (exact) mass is 229 g/mol. The number of hydrogen-bond donors (Lipinski definition) is 1. The minimum absolute atomic E-state index is 0.207. The van der Waals surface area contributed by atoms with Crippen molar-refractivity contribution in [2.45, 2.75) is 57.2 Å². The summed E-state index contributed by atoms with van der Waals surface area (Å²) in [4.78, 5) is 11.5. The molecule has 0 radical (unpaired) electrons.